The number of benzene rings is 2. The number of ether oxygens (including phenoxy) is 2. The van der Waals surface area contributed by atoms with Gasteiger partial charge in [-0.25, -0.2) is 4.79 Å². The molecule has 0 amide bonds. The van der Waals surface area contributed by atoms with Crippen LogP contribution in [0.5, 0.6) is 0 Å². The number of nitrogens with zero attached hydrogens (tertiary/aromatic N) is 1. The van der Waals surface area contributed by atoms with E-state index in [9.17, 15) is 9.59 Å². The summed E-state index contributed by atoms with van der Waals surface area (Å²) < 4.78 is 9.60. The van der Waals surface area contributed by atoms with Gasteiger partial charge in [0.1, 0.15) is 6.61 Å². The smallest absolute Gasteiger partial charge is 0.429 e. The summed E-state index contributed by atoms with van der Waals surface area (Å²) >= 11 is 6.08. The molecular weight excluding hydrogens is 417 g/mol. The van der Waals surface area contributed by atoms with Crippen molar-refractivity contribution < 1.29 is 19.1 Å². The third kappa shape index (κ3) is 6.19. The third-order valence-electron chi connectivity index (χ3n) is 4.27. The molecule has 3 rings (SSSR count). The van der Waals surface area contributed by atoms with Crippen molar-refractivity contribution in [3.8, 4) is 0 Å². The molecule has 0 spiro atoms. The van der Waals surface area contributed by atoms with Crippen molar-refractivity contribution in [3.63, 3.8) is 0 Å². The van der Waals surface area contributed by atoms with Gasteiger partial charge in [-0.1, -0.05) is 36.4 Å². The zero-order chi connectivity index (χ0) is 19.9. The quantitative estimate of drug-likeness (QED) is 0.330. The average molecular weight is 438 g/mol. The first-order chi connectivity index (χ1) is 13.6. The van der Waals surface area contributed by atoms with Crippen LogP contribution in [0.2, 0.25) is 0 Å². The van der Waals surface area contributed by atoms with Gasteiger partial charge in [-0.3, -0.25) is 9.89 Å². The van der Waals surface area contributed by atoms with Crippen molar-refractivity contribution in [2.75, 3.05) is 0 Å². The monoisotopic (exact) mass is 437 g/mol. The molecule has 29 heavy (non-hydrogen) atoms. The van der Waals surface area contributed by atoms with Gasteiger partial charge in [-0.15, -0.1) is 24.0 Å². The number of carbonyl (C=O) groups is 2. The molecule has 0 aliphatic rings. The number of alkyl halides is 1. The lowest BCUT2D eigenvalue weighted by atomic mass is 9.97. The number of carbonyl (C=O) groups excluding carboxylic acids is 2. The molecule has 1 aromatic heterocycles. The van der Waals surface area contributed by atoms with E-state index in [1.807, 2.05) is 30.3 Å². The number of esters is 1. The number of nitrogens with two attached hydrogens (primary N) is 1. The molecule has 1 heterocycles. The summed E-state index contributed by atoms with van der Waals surface area (Å²) in [7, 11) is 0. The Morgan fingerprint density at radius 2 is 1.93 bits per heavy atom. The van der Waals surface area contributed by atoms with Crippen LogP contribution >= 0.6 is 24.0 Å². The molecule has 0 saturated heterocycles. The van der Waals surface area contributed by atoms with E-state index >= 15 is 0 Å². The van der Waals surface area contributed by atoms with Gasteiger partial charge in [0.15, 0.2) is 0 Å². The molecule has 0 saturated carbocycles. The van der Waals surface area contributed by atoms with Gasteiger partial charge in [0.2, 0.25) is 0 Å². The van der Waals surface area contributed by atoms with Gasteiger partial charge in [-0.05, 0) is 29.2 Å². The van der Waals surface area contributed by atoms with E-state index in [1.54, 1.807) is 18.3 Å². The van der Waals surface area contributed by atoms with Crippen molar-refractivity contribution in [2.45, 2.75) is 31.4 Å². The maximum atomic E-state index is 11.9. The molecule has 3 aromatic rings. The Bertz CT molecular complexity index is 963. The highest BCUT2D eigenvalue weighted by molar-refractivity contribution is 6.18. The van der Waals surface area contributed by atoms with Crippen LogP contribution in [0.4, 0.5) is 4.79 Å². The second kappa shape index (κ2) is 10.8. The largest absolute Gasteiger partial charge is 0.516 e. The zero-order valence-electron chi connectivity index (χ0n) is 15.5. The summed E-state index contributed by atoms with van der Waals surface area (Å²) in [5, 5.41) is 7.82. The van der Waals surface area contributed by atoms with Crippen molar-refractivity contribution in [1.29, 1.82) is 0 Å². The van der Waals surface area contributed by atoms with E-state index in [1.165, 1.54) is 0 Å². The fourth-order valence-corrected chi connectivity index (χ4v) is 3.24. The van der Waals surface area contributed by atoms with Gasteiger partial charge in [-0.2, -0.15) is 5.10 Å². The van der Waals surface area contributed by atoms with Crippen LogP contribution in [-0.2, 0) is 33.2 Å². The Labute approximate surface area is 178 Å². The standard InChI is InChI=1S/C20H20ClN3O4.ClH/c21-10-16-14(6-7-18-17(16)11-23-24-18)8-15(22)9-19(25)28-20(26)27-12-13-4-2-1-3-5-13;/h1-7,11,15H,8-10,12,22H2,(H,23,24);1H/t15-;/m1./s1. The Kier molecular flexibility index (Phi) is 8.45. The minimum Gasteiger partial charge on any atom is -0.429 e. The number of rotatable bonds is 7. The number of fused-ring (bicyclic) bond motifs is 1. The van der Waals surface area contributed by atoms with Gasteiger partial charge in [0, 0.05) is 17.3 Å². The second-order valence-corrected chi connectivity index (χ2v) is 6.60. The molecule has 3 N–H and O–H groups in total. The lowest BCUT2D eigenvalue weighted by Crippen LogP contribution is -2.28. The molecule has 9 heteroatoms. The molecule has 0 unspecified atom stereocenters. The van der Waals surface area contributed by atoms with Crippen LogP contribution in [0.15, 0.2) is 48.7 Å². The zero-order valence-corrected chi connectivity index (χ0v) is 17.0. The number of halogens is 2. The Hall–Kier alpha value is -2.61. The SMILES string of the molecule is Cl.N[C@@H](CC(=O)OC(=O)OCc1ccccc1)Cc1ccc2[nH]ncc2c1CCl. The first-order valence-corrected chi connectivity index (χ1v) is 9.27. The number of aromatic amines is 1. The van der Waals surface area contributed by atoms with Gasteiger partial charge >= 0.3 is 12.1 Å². The molecule has 154 valence electrons. The molecule has 7 nitrogen and oxygen atoms in total. The van der Waals surface area contributed by atoms with E-state index in [0.29, 0.717) is 12.3 Å². The maximum absolute atomic E-state index is 11.9. The van der Waals surface area contributed by atoms with Crippen LogP contribution in [0.3, 0.4) is 0 Å². The molecule has 0 bridgehead atoms. The summed E-state index contributed by atoms with van der Waals surface area (Å²) in [4.78, 5) is 23.6. The lowest BCUT2D eigenvalue weighted by molar-refractivity contribution is -0.140. The summed E-state index contributed by atoms with van der Waals surface area (Å²) in [6.45, 7) is 0.0306. The van der Waals surface area contributed by atoms with Crippen molar-refractivity contribution >= 4 is 47.0 Å². The molecule has 1 atom stereocenters. The predicted octanol–water partition coefficient (Wildman–Crippen LogP) is 3.86. The molecule has 0 radical (unpaired) electrons. The van der Waals surface area contributed by atoms with Gasteiger partial charge in [0.05, 0.1) is 18.1 Å². The fourth-order valence-electron chi connectivity index (χ4n) is 2.92. The van der Waals surface area contributed by atoms with Gasteiger partial charge < -0.3 is 15.2 Å². The third-order valence-corrected chi connectivity index (χ3v) is 4.54. The minimum atomic E-state index is -1.04. The van der Waals surface area contributed by atoms with Crippen LogP contribution in [0.25, 0.3) is 10.9 Å². The molecule has 0 aliphatic heterocycles. The second-order valence-electron chi connectivity index (χ2n) is 6.33. The molecule has 0 aliphatic carbocycles. The number of hydrogen-bond acceptors (Lipinski definition) is 6. The Morgan fingerprint density at radius 1 is 1.17 bits per heavy atom. The number of H-pyrrole nitrogens is 1. The highest BCUT2D eigenvalue weighted by atomic mass is 35.5. The average Bonchev–Trinajstić information content (AvgIpc) is 3.15. The van der Waals surface area contributed by atoms with Crippen LogP contribution in [0.1, 0.15) is 23.1 Å². The van der Waals surface area contributed by atoms with Crippen molar-refractivity contribution in [2.24, 2.45) is 5.73 Å². The number of nitrogens with one attached hydrogen (secondary N) is 1. The van der Waals surface area contributed by atoms with E-state index in [4.69, 9.17) is 22.1 Å². The van der Waals surface area contributed by atoms with Crippen molar-refractivity contribution in [1.82, 2.24) is 10.2 Å². The van der Waals surface area contributed by atoms with Gasteiger partial charge in [0.25, 0.3) is 0 Å². The molecule has 2 aromatic carbocycles. The van der Waals surface area contributed by atoms with Crippen LogP contribution in [-0.4, -0.2) is 28.4 Å². The number of hydrogen-bond donors (Lipinski definition) is 2. The van der Waals surface area contributed by atoms with E-state index < -0.39 is 18.2 Å². The maximum Gasteiger partial charge on any atom is 0.516 e. The summed E-state index contributed by atoms with van der Waals surface area (Å²) in [5.74, 6) is -0.433. The lowest BCUT2D eigenvalue weighted by Gasteiger charge is -2.14. The molecular formula is C20H21Cl2N3O4. The predicted molar refractivity (Wildman–Crippen MR) is 112 cm³/mol. The summed E-state index contributed by atoms with van der Waals surface area (Å²) in [6.07, 6.45) is 0.962. The normalized spacial score (nSPS) is 11.5. The topological polar surface area (TPSA) is 107 Å². The summed E-state index contributed by atoms with van der Waals surface area (Å²) in [5.41, 5.74) is 9.59. The fraction of sp³-hybridized carbons (Fsp3) is 0.250. The highest BCUT2D eigenvalue weighted by Gasteiger charge is 2.18. The van der Waals surface area contributed by atoms with Crippen LogP contribution in [0, 0.1) is 0 Å². The van der Waals surface area contributed by atoms with E-state index in [-0.39, 0.29) is 25.4 Å². The first kappa shape index (κ1) is 22.7. The summed E-state index contributed by atoms with van der Waals surface area (Å²) in [6, 6.07) is 12.4. The van der Waals surface area contributed by atoms with E-state index in [2.05, 4.69) is 14.9 Å². The Balaban J connectivity index is 0.00000300. The van der Waals surface area contributed by atoms with Crippen LogP contribution < -0.4 is 5.73 Å². The number of aromatic nitrogens is 2. The first-order valence-electron chi connectivity index (χ1n) is 8.73. The highest BCUT2D eigenvalue weighted by Crippen LogP contribution is 2.24. The van der Waals surface area contributed by atoms with Crippen molar-refractivity contribution in [3.05, 3.63) is 65.4 Å². The molecule has 0 fully saturated rings. The Morgan fingerprint density at radius 3 is 2.66 bits per heavy atom. The van der Waals surface area contributed by atoms with E-state index in [0.717, 1.165) is 27.6 Å². The minimum absolute atomic E-state index is 0.